The van der Waals surface area contributed by atoms with Gasteiger partial charge in [0.15, 0.2) is 0 Å². The molecule has 2 atom stereocenters. The Balaban J connectivity index is 2.73. The van der Waals surface area contributed by atoms with Crippen LogP contribution in [0.3, 0.4) is 0 Å². The number of benzene rings is 1. The van der Waals surface area contributed by atoms with E-state index < -0.39 is 6.10 Å². The van der Waals surface area contributed by atoms with Crippen molar-refractivity contribution in [2.45, 2.75) is 12.3 Å². The van der Waals surface area contributed by atoms with Crippen LogP contribution in [0.4, 0.5) is 0 Å². The molecule has 72 valence electrons. The van der Waals surface area contributed by atoms with Crippen LogP contribution in [0.5, 0.6) is 0 Å². The normalized spacial score (nSPS) is 15.8. The van der Waals surface area contributed by atoms with E-state index >= 15 is 0 Å². The maximum absolute atomic E-state index is 9.79. The van der Waals surface area contributed by atoms with Crippen LogP contribution in [-0.2, 0) is 0 Å². The van der Waals surface area contributed by atoms with Gasteiger partial charge in [-0.2, -0.15) is 0 Å². The van der Waals surface area contributed by atoms with E-state index in [0.717, 1.165) is 5.56 Å². The Kier molecular flexibility index (Phi) is 3.42. The first-order chi connectivity index (χ1) is 6.13. The number of hydrogen-bond donors (Lipinski definition) is 2. The van der Waals surface area contributed by atoms with Crippen LogP contribution in [0.1, 0.15) is 11.7 Å². The van der Waals surface area contributed by atoms with Crippen molar-refractivity contribution < 1.29 is 5.11 Å². The molecule has 0 amide bonds. The minimum atomic E-state index is -0.629. The van der Waals surface area contributed by atoms with Crippen molar-refractivity contribution in [3.05, 3.63) is 35.9 Å². The summed E-state index contributed by atoms with van der Waals surface area (Å²) in [4.78, 5) is 1.79. The zero-order valence-electron chi connectivity index (χ0n) is 8.01. The van der Waals surface area contributed by atoms with Crippen molar-refractivity contribution in [1.29, 1.82) is 0 Å². The number of aliphatic hydroxyl groups excluding tert-OH is 1. The number of hydrogen-bond acceptors (Lipinski definition) is 3. The molecular weight excluding hydrogens is 164 g/mol. The van der Waals surface area contributed by atoms with E-state index in [-0.39, 0.29) is 6.17 Å². The van der Waals surface area contributed by atoms with Crippen molar-refractivity contribution in [3.8, 4) is 0 Å². The summed E-state index contributed by atoms with van der Waals surface area (Å²) < 4.78 is 0. The molecule has 0 bridgehead atoms. The van der Waals surface area contributed by atoms with Gasteiger partial charge in [0.1, 0.15) is 6.10 Å². The van der Waals surface area contributed by atoms with Crippen molar-refractivity contribution in [1.82, 2.24) is 4.90 Å². The Morgan fingerprint density at radius 3 is 2.23 bits per heavy atom. The highest BCUT2D eigenvalue weighted by molar-refractivity contribution is 5.18. The summed E-state index contributed by atoms with van der Waals surface area (Å²) >= 11 is 0. The molecular formula is C10H16N2O. The molecule has 1 aromatic rings. The van der Waals surface area contributed by atoms with Crippen LogP contribution in [0.25, 0.3) is 0 Å². The van der Waals surface area contributed by atoms with Gasteiger partial charge in [-0.15, -0.1) is 0 Å². The van der Waals surface area contributed by atoms with Crippen LogP contribution in [0.2, 0.25) is 0 Å². The summed E-state index contributed by atoms with van der Waals surface area (Å²) in [5.74, 6) is 0. The average Bonchev–Trinajstić information content (AvgIpc) is 2.17. The summed E-state index contributed by atoms with van der Waals surface area (Å²) in [5, 5.41) is 9.79. The van der Waals surface area contributed by atoms with Gasteiger partial charge in [-0.25, -0.2) is 0 Å². The number of rotatable bonds is 3. The summed E-state index contributed by atoms with van der Waals surface area (Å²) in [5.41, 5.74) is 6.62. The minimum Gasteiger partial charge on any atom is -0.385 e. The third-order valence-corrected chi connectivity index (χ3v) is 2.06. The standard InChI is InChI=1S/C10H16N2O/c1-12(2)10(11)9(13)8-6-4-3-5-7-8/h3-7,9-10,13H,11H2,1-2H3/t9-,10+/m0/s1. The third-order valence-electron chi connectivity index (χ3n) is 2.06. The quantitative estimate of drug-likeness (QED) is 0.668. The van der Waals surface area contributed by atoms with E-state index in [1.807, 2.05) is 44.4 Å². The molecule has 1 aromatic carbocycles. The van der Waals surface area contributed by atoms with Gasteiger partial charge in [-0.3, -0.25) is 4.90 Å². The van der Waals surface area contributed by atoms with Gasteiger partial charge in [0, 0.05) is 0 Å². The number of likely N-dealkylation sites (N-methyl/N-ethyl adjacent to an activating group) is 1. The van der Waals surface area contributed by atoms with E-state index in [9.17, 15) is 5.11 Å². The topological polar surface area (TPSA) is 49.5 Å². The maximum atomic E-state index is 9.79. The maximum Gasteiger partial charge on any atom is 0.107 e. The summed E-state index contributed by atoms with van der Waals surface area (Å²) in [7, 11) is 3.69. The molecule has 0 aliphatic rings. The lowest BCUT2D eigenvalue weighted by atomic mass is 10.1. The van der Waals surface area contributed by atoms with Crippen molar-refractivity contribution in [3.63, 3.8) is 0 Å². The molecule has 0 aliphatic carbocycles. The Hall–Kier alpha value is -0.900. The van der Waals surface area contributed by atoms with E-state index in [4.69, 9.17) is 5.73 Å². The molecule has 0 spiro atoms. The Bertz CT molecular complexity index is 248. The average molecular weight is 180 g/mol. The van der Waals surface area contributed by atoms with Crippen molar-refractivity contribution >= 4 is 0 Å². The molecule has 0 aliphatic heterocycles. The monoisotopic (exact) mass is 180 g/mol. The molecule has 3 N–H and O–H groups in total. The largest absolute Gasteiger partial charge is 0.385 e. The van der Waals surface area contributed by atoms with Crippen LogP contribution in [0, 0.1) is 0 Å². The van der Waals surface area contributed by atoms with E-state index in [2.05, 4.69) is 0 Å². The Morgan fingerprint density at radius 1 is 1.23 bits per heavy atom. The number of nitrogens with two attached hydrogens (primary N) is 1. The summed E-state index contributed by atoms with van der Waals surface area (Å²) in [6.07, 6.45) is -0.987. The van der Waals surface area contributed by atoms with Gasteiger partial charge < -0.3 is 10.8 Å². The van der Waals surface area contributed by atoms with Gasteiger partial charge in [0.2, 0.25) is 0 Å². The SMILES string of the molecule is CN(C)[C@@H](N)[C@@H](O)c1ccccc1. The highest BCUT2D eigenvalue weighted by atomic mass is 16.3. The molecule has 0 saturated heterocycles. The Morgan fingerprint density at radius 2 is 1.77 bits per heavy atom. The predicted octanol–water partition coefficient (Wildman–Crippen LogP) is 0.566. The van der Waals surface area contributed by atoms with E-state index in [1.54, 1.807) is 4.90 Å². The second-order valence-corrected chi connectivity index (χ2v) is 3.31. The molecule has 13 heavy (non-hydrogen) atoms. The first-order valence-electron chi connectivity index (χ1n) is 4.28. The number of nitrogens with zero attached hydrogens (tertiary/aromatic N) is 1. The van der Waals surface area contributed by atoms with Crippen molar-refractivity contribution in [2.24, 2.45) is 5.73 Å². The molecule has 1 rings (SSSR count). The van der Waals surface area contributed by atoms with Gasteiger partial charge in [0.25, 0.3) is 0 Å². The molecule has 3 heteroatoms. The first-order valence-corrected chi connectivity index (χ1v) is 4.28. The smallest absolute Gasteiger partial charge is 0.107 e. The second-order valence-electron chi connectivity index (χ2n) is 3.31. The first kappa shape index (κ1) is 10.2. The fourth-order valence-electron chi connectivity index (χ4n) is 1.13. The van der Waals surface area contributed by atoms with Crippen LogP contribution in [-0.4, -0.2) is 30.3 Å². The van der Waals surface area contributed by atoms with E-state index in [1.165, 1.54) is 0 Å². The summed E-state index contributed by atoms with van der Waals surface area (Å²) in [6, 6.07) is 9.43. The van der Waals surface area contributed by atoms with E-state index in [0.29, 0.717) is 0 Å². The third kappa shape index (κ3) is 2.52. The molecule has 0 aromatic heterocycles. The number of aliphatic hydroxyl groups is 1. The lowest BCUT2D eigenvalue weighted by Gasteiger charge is -2.25. The fourth-order valence-corrected chi connectivity index (χ4v) is 1.13. The van der Waals surface area contributed by atoms with Gasteiger partial charge in [0.05, 0.1) is 6.17 Å². The molecule has 0 radical (unpaired) electrons. The lowest BCUT2D eigenvalue weighted by molar-refractivity contribution is 0.0792. The lowest BCUT2D eigenvalue weighted by Crippen LogP contribution is -2.41. The molecule has 0 heterocycles. The summed E-state index contributed by atoms with van der Waals surface area (Å²) in [6.45, 7) is 0. The zero-order valence-corrected chi connectivity index (χ0v) is 8.01. The van der Waals surface area contributed by atoms with Crippen LogP contribution in [0.15, 0.2) is 30.3 Å². The predicted molar refractivity (Wildman–Crippen MR) is 53.1 cm³/mol. The van der Waals surface area contributed by atoms with Crippen molar-refractivity contribution in [2.75, 3.05) is 14.1 Å². The zero-order chi connectivity index (χ0) is 9.84. The molecule has 0 fully saturated rings. The Labute approximate surface area is 78.8 Å². The molecule has 0 unspecified atom stereocenters. The highest BCUT2D eigenvalue weighted by Gasteiger charge is 2.17. The second kappa shape index (κ2) is 4.37. The highest BCUT2D eigenvalue weighted by Crippen LogP contribution is 2.15. The van der Waals surface area contributed by atoms with Crippen LogP contribution >= 0.6 is 0 Å². The van der Waals surface area contributed by atoms with Crippen LogP contribution < -0.4 is 5.73 Å². The molecule has 0 saturated carbocycles. The minimum absolute atomic E-state index is 0.359. The van der Waals surface area contributed by atoms with Gasteiger partial charge in [-0.05, 0) is 19.7 Å². The van der Waals surface area contributed by atoms with Gasteiger partial charge >= 0.3 is 0 Å². The fraction of sp³-hybridized carbons (Fsp3) is 0.400. The van der Waals surface area contributed by atoms with Gasteiger partial charge in [-0.1, -0.05) is 30.3 Å². The molecule has 3 nitrogen and oxygen atoms in total.